The van der Waals surface area contributed by atoms with E-state index in [-0.39, 0.29) is 11.9 Å². The molecule has 0 saturated carbocycles. The number of carbonyl (C=O) groups is 1. The number of likely N-dealkylation sites (tertiary alicyclic amines) is 1. The predicted molar refractivity (Wildman–Crippen MR) is 85.4 cm³/mol. The maximum Gasteiger partial charge on any atom is 0.223 e. The standard InChI is InChI=1S/C18H24N2O2/c1-19-12-5-9-16(19)17-8-3-2-4-13-20(17)18(21)11-10-15-7-6-14-22-15/h5-7,9,12,14,17H,2-4,8,10-11,13H2,1H3. The highest BCUT2D eigenvalue weighted by Gasteiger charge is 2.27. The number of furan rings is 1. The number of carbonyl (C=O) groups excluding carboxylic acids is 1. The van der Waals surface area contributed by atoms with Crippen molar-refractivity contribution in [1.82, 2.24) is 9.47 Å². The lowest BCUT2D eigenvalue weighted by atomic mass is 10.1. The molecule has 22 heavy (non-hydrogen) atoms. The Morgan fingerprint density at radius 1 is 1.27 bits per heavy atom. The second-order valence-corrected chi connectivity index (χ2v) is 6.08. The Labute approximate surface area is 131 Å². The highest BCUT2D eigenvalue weighted by Crippen LogP contribution is 2.30. The molecular formula is C18H24N2O2. The first kappa shape index (κ1) is 14.9. The van der Waals surface area contributed by atoms with Gasteiger partial charge in [0.25, 0.3) is 0 Å². The van der Waals surface area contributed by atoms with E-state index in [4.69, 9.17) is 4.42 Å². The minimum Gasteiger partial charge on any atom is -0.469 e. The molecule has 1 aliphatic rings. The van der Waals surface area contributed by atoms with Gasteiger partial charge < -0.3 is 13.9 Å². The zero-order valence-electron chi connectivity index (χ0n) is 13.2. The van der Waals surface area contributed by atoms with Crippen LogP contribution in [0.15, 0.2) is 41.1 Å². The van der Waals surface area contributed by atoms with E-state index in [0.29, 0.717) is 12.8 Å². The molecule has 118 valence electrons. The third-order valence-corrected chi connectivity index (χ3v) is 4.56. The summed E-state index contributed by atoms with van der Waals surface area (Å²) in [5.74, 6) is 1.13. The van der Waals surface area contributed by atoms with Gasteiger partial charge in [0.05, 0.1) is 12.3 Å². The molecule has 1 unspecified atom stereocenters. The lowest BCUT2D eigenvalue weighted by Gasteiger charge is -2.30. The molecule has 0 N–H and O–H groups in total. The summed E-state index contributed by atoms with van der Waals surface area (Å²) in [5.41, 5.74) is 1.24. The third-order valence-electron chi connectivity index (χ3n) is 4.56. The van der Waals surface area contributed by atoms with Crippen LogP contribution in [0.5, 0.6) is 0 Å². The maximum absolute atomic E-state index is 12.7. The fourth-order valence-corrected chi connectivity index (χ4v) is 3.36. The minimum absolute atomic E-state index is 0.214. The van der Waals surface area contributed by atoms with Crippen molar-refractivity contribution < 1.29 is 9.21 Å². The van der Waals surface area contributed by atoms with Gasteiger partial charge in [-0.15, -0.1) is 0 Å². The van der Waals surface area contributed by atoms with E-state index >= 15 is 0 Å². The van der Waals surface area contributed by atoms with Gasteiger partial charge >= 0.3 is 0 Å². The third kappa shape index (κ3) is 3.26. The number of nitrogens with zero attached hydrogens (tertiary/aromatic N) is 2. The Balaban J connectivity index is 1.72. The van der Waals surface area contributed by atoms with Gasteiger partial charge in [0.15, 0.2) is 0 Å². The van der Waals surface area contributed by atoms with Crippen molar-refractivity contribution in [1.29, 1.82) is 0 Å². The van der Waals surface area contributed by atoms with E-state index in [2.05, 4.69) is 34.8 Å². The highest BCUT2D eigenvalue weighted by molar-refractivity contribution is 5.77. The number of amides is 1. The van der Waals surface area contributed by atoms with Gasteiger partial charge in [-0.05, 0) is 37.1 Å². The van der Waals surface area contributed by atoms with Crippen LogP contribution >= 0.6 is 0 Å². The Kier molecular flexibility index (Phi) is 4.66. The molecule has 4 heteroatoms. The van der Waals surface area contributed by atoms with Gasteiger partial charge in [0.1, 0.15) is 5.76 Å². The minimum atomic E-state index is 0.214. The molecule has 0 radical (unpaired) electrons. The molecule has 2 aromatic rings. The van der Waals surface area contributed by atoms with Crippen molar-refractivity contribution in [3.8, 4) is 0 Å². The summed E-state index contributed by atoms with van der Waals surface area (Å²) in [4.78, 5) is 14.8. The van der Waals surface area contributed by atoms with Crippen molar-refractivity contribution in [2.24, 2.45) is 7.05 Å². The molecule has 0 aromatic carbocycles. The largest absolute Gasteiger partial charge is 0.469 e. The van der Waals surface area contributed by atoms with Crippen molar-refractivity contribution in [3.63, 3.8) is 0 Å². The number of aromatic nitrogens is 1. The molecule has 3 heterocycles. The molecular weight excluding hydrogens is 276 g/mol. The summed E-state index contributed by atoms with van der Waals surface area (Å²) >= 11 is 0. The summed E-state index contributed by atoms with van der Waals surface area (Å²) in [5, 5.41) is 0. The van der Waals surface area contributed by atoms with Crippen molar-refractivity contribution in [2.75, 3.05) is 6.54 Å². The molecule has 1 atom stereocenters. The van der Waals surface area contributed by atoms with E-state index in [1.807, 2.05) is 12.1 Å². The van der Waals surface area contributed by atoms with Crippen LogP contribution in [0.2, 0.25) is 0 Å². The highest BCUT2D eigenvalue weighted by atomic mass is 16.3. The first-order valence-corrected chi connectivity index (χ1v) is 8.19. The Hall–Kier alpha value is -1.97. The van der Waals surface area contributed by atoms with Crippen LogP contribution in [-0.2, 0) is 18.3 Å². The van der Waals surface area contributed by atoms with Crippen LogP contribution in [0.25, 0.3) is 0 Å². The summed E-state index contributed by atoms with van der Waals surface area (Å²) in [6.07, 6.45) is 9.50. The molecule has 4 nitrogen and oxygen atoms in total. The first-order valence-electron chi connectivity index (χ1n) is 8.19. The molecule has 2 aromatic heterocycles. The number of hydrogen-bond acceptors (Lipinski definition) is 2. The summed E-state index contributed by atoms with van der Waals surface area (Å²) in [6.45, 7) is 0.868. The van der Waals surface area contributed by atoms with Crippen LogP contribution < -0.4 is 0 Å². The Morgan fingerprint density at radius 3 is 2.91 bits per heavy atom. The van der Waals surface area contributed by atoms with Crippen LogP contribution in [-0.4, -0.2) is 21.9 Å². The fourth-order valence-electron chi connectivity index (χ4n) is 3.36. The summed E-state index contributed by atoms with van der Waals surface area (Å²) in [7, 11) is 2.06. The van der Waals surface area contributed by atoms with Crippen LogP contribution in [0, 0.1) is 0 Å². The number of rotatable bonds is 4. The summed E-state index contributed by atoms with van der Waals surface area (Å²) < 4.78 is 7.48. The first-order chi connectivity index (χ1) is 10.8. The maximum atomic E-state index is 12.7. The number of hydrogen-bond donors (Lipinski definition) is 0. The van der Waals surface area contributed by atoms with Crippen LogP contribution in [0.1, 0.15) is 49.6 Å². The fraction of sp³-hybridized carbons (Fsp3) is 0.500. The predicted octanol–water partition coefficient (Wildman–Crippen LogP) is 3.69. The van der Waals surface area contributed by atoms with Crippen molar-refractivity contribution in [2.45, 2.75) is 44.6 Å². The monoisotopic (exact) mass is 300 g/mol. The Morgan fingerprint density at radius 2 is 2.18 bits per heavy atom. The molecule has 1 saturated heterocycles. The van der Waals surface area contributed by atoms with Gasteiger partial charge in [-0.1, -0.05) is 12.8 Å². The zero-order chi connectivity index (χ0) is 15.4. The Bertz CT molecular complexity index is 600. The van der Waals surface area contributed by atoms with E-state index in [0.717, 1.165) is 25.1 Å². The van der Waals surface area contributed by atoms with E-state index in [1.165, 1.54) is 18.5 Å². The van der Waals surface area contributed by atoms with Gasteiger partial charge in [-0.25, -0.2) is 0 Å². The average Bonchev–Trinajstić information content (AvgIpc) is 3.12. The van der Waals surface area contributed by atoms with Gasteiger partial charge in [-0.2, -0.15) is 0 Å². The van der Waals surface area contributed by atoms with Crippen LogP contribution in [0.4, 0.5) is 0 Å². The van der Waals surface area contributed by atoms with E-state index in [9.17, 15) is 4.79 Å². The van der Waals surface area contributed by atoms with Crippen LogP contribution in [0.3, 0.4) is 0 Å². The lowest BCUT2D eigenvalue weighted by molar-refractivity contribution is -0.133. The second kappa shape index (κ2) is 6.86. The summed E-state index contributed by atoms with van der Waals surface area (Å²) in [6, 6.07) is 8.23. The van der Waals surface area contributed by atoms with Crippen molar-refractivity contribution in [3.05, 3.63) is 48.2 Å². The molecule has 1 aliphatic heterocycles. The van der Waals surface area contributed by atoms with Gasteiger partial charge in [0.2, 0.25) is 5.91 Å². The molecule has 0 aliphatic carbocycles. The molecule has 3 rings (SSSR count). The molecule has 1 amide bonds. The SMILES string of the molecule is Cn1cccc1C1CCCCCN1C(=O)CCc1ccco1. The molecule has 0 spiro atoms. The smallest absolute Gasteiger partial charge is 0.223 e. The topological polar surface area (TPSA) is 38.4 Å². The zero-order valence-corrected chi connectivity index (χ0v) is 13.2. The lowest BCUT2D eigenvalue weighted by Crippen LogP contribution is -2.35. The van der Waals surface area contributed by atoms with Gasteiger partial charge in [-0.3, -0.25) is 4.79 Å². The average molecular weight is 300 g/mol. The van der Waals surface area contributed by atoms with E-state index < -0.39 is 0 Å². The van der Waals surface area contributed by atoms with E-state index in [1.54, 1.807) is 6.26 Å². The normalized spacial score (nSPS) is 19.1. The molecule has 0 bridgehead atoms. The van der Waals surface area contributed by atoms with Gasteiger partial charge in [0, 0.05) is 38.3 Å². The molecule has 1 fully saturated rings. The van der Waals surface area contributed by atoms with Crippen molar-refractivity contribution >= 4 is 5.91 Å². The quantitative estimate of drug-likeness (QED) is 0.863. The second-order valence-electron chi connectivity index (χ2n) is 6.08. The number of aryl methyl sites for hydroxylation is 2.